The molecular weight excluding hydrogens is 645 g/mol. The van der Waals surface area contributed by atoms with Crippen LogP contribution in [0.15, 0.2) is 99.5 Å². The van der Waals surface area contributed by atoms with Crippen LogP contribution < -0.4 is 0 Å². The Morgan fingerprint density at radius 2 is 0.833 bits per heavy atom. The standard InChI is InChI=1S/C43H50O2S3/c1-25-16-17-33(47-25)37(27-23-30(42(8,9)10)39(45)31(24-27)43(11,12)13)35-19-18-34(48-35)36(32-15-14-20-46-32)26-21-28(40(2,3)4)38(44)29(22-26)41(5,6)7/h14-24H,1-13H3. The van der Waals surface area contributed by atoms with E-state index in [1.54, 1.807) is 34.0 Å². The summed E-state index contributed by atoms with van der Waals surface area (Å²) in [7, 11) is 0. The van der Waals surface area contributed by atoms with Gasteiger partial charge in [-0.15, -0.1) is 34.0 Å². The molecule has 0 unspecified atom stereocenters. The van der Waals surface area contributed by atoms with Gasteiger partial charge in [0.1, 0.15) is 0 Å². The molecule has 0 bridgehead atoms. The van der Waals surface area contributed by atoms with Crippen molar-refractivity contribution in [1.29, 1.82) is 0 Å². The summed E-state index contributed by atoms with van der Waals surface area (Å²) in [5.41, 5.74) is 6.67. The minimum Gasteiger partial charge on any atom is -0.289 e. The Balaban J connectivity index is 1.83. The van der Waals surface area contributed by atoms with Crippen molar-refractivity contribution in [2.75, 3.05) is 0 Å². The van der Waals surface area contributed by atoms with Crippen LogP contribution in [0, 0.1) is 28.6 Å². The highest BCUT2D eigenvalue weighted by atomic mass is 32.1. The minimum absolute atomic E-state index is 0.144. The van der Waals surface area contributed by atoms with Crippen molar-refractivity contribution in [3.63, 3.8) is 0 Å². The Kier molecular flexibility index (Phi) is 9.53. The Labute approximate surface area is 300 Å². The van der Waals surface area contributed by atoms with Gasteiger partial charge in [0.2, 0.25) is 0 Å². The van der Waals surface area contributed by atoms with Gasteiger partial charge in [0.15, 0.2) is 11.6 Å². The summed E-state index contributed by atoms with van der Waals surface area (Å²) >= 11 is 5.31. The van der Waals surface area contributed by atoms with Gasteiger partial charge in [-0.1, -0.05) is 89.2 Å². The number of hydrogen-bond donors (Lipinski definition) is 0. The molecule has 0 aliphatic heterocycles. The number of aryl methyl sites for hydroxylation is 1. The summed E-state index contributed by atoms with van der Waals surface area (Å²) in [6, 6.07) is 13.2. The number of Topliss-reactive ketones (excluding diaryl/α,β-unsaturated/α-hetero) is 2. The Bertz CT molecular complexity index is 1890. The first kappa shape index (κ1) is 36.2. The summed E-state index contributed by atoms with van der Waals surface area (Å²) in [6.45, 7) is 27.7. The fourth-order valence-electron chi connectivity index (χ4n) is 6.18. The van der Waals surface area contributed by atoms with E-state index in [4.69, 9.17) is 0 Å². The number of rotatable bonds is 4. The quantitative estimate of drug-likeness (QED) is 0.272. The normalized spacial score (nSPS) is 16.5. The Morgan fingerprint density at radius 3 is 1.15 bits per heavy atom. The van der Waals surface area contributed by atoms with Gasteiger partial charge in [0, 0.05) is 57.8 Å². The zero-order valence-corrected chi connectivity index (χ0v) is 33.3. The molecule has 0 aromatic carbocycles. The summed E-state index contributed by atoms with van der Waals surface area (Å²) in [6.07, 6.45) is 8.56. The summed E-state index contributed by atoms with van der Waals surface area (Å²) < 4.78 is 0. The first-order valence-electron chi connectivity index (χ1n) is 16.8. The van der Waals surface area contributed by atoms with E-state index in [-0.39, 0.29) is 33.2 Å². The van der Waals surface area contributed by atoms with Crippen LogP contribution in [0.3, 0.4) is 0 Å². The predicted octanol–water partition coefficient (Wildman–Crippen LogP) is 12.8. The van der Waals surface area contributed by atoms with Gasteiger partial charge in [-0.3, -0.25) is 9.59 Å². The van der Waals surface area contributed by atoms with Crippen LogP contribution in [0.2, 0.25) is 0 Å². The number of thiophene rings is 3. The SMILES string of the molecule is Cc1ccc(C(=C2C=C(C(C)(C)C)C(=O)C(C(C)(C)C)=C2)c2ccc(C(=C3C=C(C(C)(C)C)C(=O)C(C(C)(C)C)=C3)c3cccs3)s2)s1. The number of carbonyl (C=O) groups excluding carboxylic acids is 2. The molecule has 0 atom stereocenters. The van der Waals surface area contributed by atoms with Crippen molar-refractivity contribution in [2.24, 2.45) is 21.7 Å². The fourth-order valence-corrected chi connectivity index (χ4v) is 9.24. The highest BCUT2D eigenvalue weighted by Crippen LogP contribution is 2.47. The molecule has 0 saturated heterocycles. The van der Waals surface area contributed by atoms with Gasteiger partial charge >= 0.3 is 0 Å². The first-order chi connectivity index (χ1) is 22.1. The largest absolute Gasteiger partial charge is 0.289 e. The molecule has 252 valence electrons. The van der Waals surface area contributed by atoms with E-state index >= 15 is 0 Å². The molecule has 0 radical (unpaired) electrons. The second kappa shape index (κ2) is 12.6. The van der Waals surface area contributed by atoms with Gasteiger partial charge in [0.25, 0.3) is 0 Å². The highest BCUT2D eigenvalue weighted by molar-refractivity contribution is 7.17. The van der Waals surface area contributed by atoms with E-state index in [1.165, 1.54) is 14.6 Å². The summed E-state index contributed by atoms with van der Waals surface area (Å²) in [5.74, 6) is 0.290. The average Bonchev–Trinajstić information content (AvgIpc) is 3.72. The molecule has 0 N–H and O–H groups in total. The van der Waals surface area contributed by atoms with Crippen molar-refractivity contribution in [1.82, 2.24) is 0 Å². The van der Waals surface area contributed by atoms with Crippen molar-refractivity contribution in [2.45, 2.75) is 90.0 Å². The van der Waals surface area contributed by atoms with Gasteiger partial charge in [-0.05, 0) is 99.7 Å². The first-order valence-corrected chi connectivity index (χ1v) is 19.3. The molecular formula is C43H50O2S3. The zero-order valence-electron chi connectivity index (χ0n) is 30.9. The fraction of sp³-hybridized carbons (Fsp3) is 0.395. The van der Waals surface area contributed by atoms with Crippen LogP contribution in [0.25, 0.3) is 11.1 Å². The van der Waals surface area contributed by atoms with Crippen molar-refractivity contribution < 1.29 is 9.59 Å². The predicted molar refractivity (Wildman–Crippen MR) is 210 cm³/mol. The van der Waals surface area contributed by atoms with Crippen LogP contribution in [-0.4, -0.2) is 11.6 Å². The third-order valence-electron chi connectivity index (χ3n) is 8.84. The van der Waals surface area contributed by atoms with Crippen molar-refractivity contribution >= 4 is 56.7 Å². The summed E-state index contributed by atoms with van der Waals surface area (Å²) in [4.78, 5) is 33.7. The molecule has 3 heterocycles. The number of allylic oxidation sites excluding steroid dienone is 10. The van der Waals surface area contributed by atoms with Crippen molar-refractivity contribution in [3.8, 4) is 0 Å². The molecule has 5 rings (SSSR count). The molecule has 0 saturated carbocycles. The lowest BCUT2D eigenvalue weighted by atomic mass is 9.71. The lowest BCUT2D eigenvalue weighted by molar-refractivity contribution is -0.114. The topological polar surface area (TPSA) is 34.1 Å². The van der Waals surface area contributed by atoms with Crippen LogP contribution in [0.1, 0.15) is 107 Å². The Morgan fingerprint density at radius 1 is 0.479 bits per heavy atom. The minimum atomic E-state index is -0.298. The second-order valence-corrected chi connectivity index (χ2v) is 20.4. The average molecular weight is 695 g/mol. The molecule has 3 aromatic rings. The van der Waals surface area contributed by atoms with Crippen LogP contribution in [0.4, 0.5) is 0 Å². The molecule has 5 heteroatoms. The van der Waals surface area contributed by atoms with Gasteiger partial charge < -0.3 is 0 Å². The van der Waals surface area contributed by atoms with E-state index in [0.29, 0.717) is 0 Å². The van der Waals surface area contributed by atoms with Crippen LogP contribution >= 0.6 is 34.0 Å². The van der Waals surface area contributed by atoms with Crippen LogP contribution in [0.5, 0.6) is 0 Å². The monoisotopic (exact) mass is 694 g/mol. The lowest BCUT2D eigenvalue weighted by Crippen LogP contribution is -2.28. The number of hydrogen-bond acceptors (Lipinski definition) is 5. The Hall–Kier alpha value is -3.12. The maximum absolute atomic E-state index is 13.9. The third-order valence-corrected chi connectivity index (χ3v) is 11.9. The molecule has 2 nitrogen and oxygen atoms in total. The maximum atomic E-state index is 13.9. The molecule has 2 aliphatic carbocycles. The maximum Gasteiger partial charge on any atom is 0.186 e. The molecule has 2 aliphatic rings. The lowest BCUT2D eigenvalue weighted by Gasteiger charge is -2.32. The van der Waals surface area contributed by atoms with Crippen molar-refractivity contribution in [3.05, 3.63) is 124 Å². The zero-order chi connectivity index (χ0) is 35.6. The molecule has 0 amide bonds. The van der Waals surface area contributed by atoms with E-state index in [1.807, 2.05) is 0 Å². The number of ketones is 2. The second-order valence-electron chi connectivity index (χ2n) is 17.1. The highest BCUT2D eigenvalue weighted by Gasteiger charge is 2.37. The van der Waals surface area contributed by atoms with Gasteiger partial charge in [-0.25, -0.2) is 0 Å². The van der Waals surface area contributed by atoms with E-state index < -0.39 is 0 Å². The van der Waals surface area contributed by atoms with Gasteiger partial charge in [-0.2, -0.15) is 0 Å². The summed E-state index contributed by atoms with van der Waals surface area (Å²) in [5, 5.41) is 2.12. The molecule has 0 fully saturated rings. The third kappa shape index (κ3) is 7.25. The van der Waals surface area contributed by atoms with E-state index in [0.717, 1.165) is 54.3 Å². The van der Waals surface area contributed by atoms with Gasteiger partial charge in [0.05, 0.1) is 0 Å². The smallest absolute Gasteiger partial charge is 0.186 e. The molecule has 48 heavy (non-hydrogen) atoms. The van der Waals surface area contributed by atoms with Crippen LogP contribution in [-0.2, 0) is 9.59 Å². The molecule has 3 aromatic heterocycles. The van der Waals surface area contributed by atoms with E-state index in [9.17, 15) is 9.59 Å². The molecule has 0 spiro atoms. The number of carbonyl (C=O) groups is 2. The van der Waals surface area contributed by atoms with E-state index in [2.05, 4.69) is 156 Å².